The van der Waals surface area contributed by atoms with Gasteiger partial charge in [-0.25, -0.2) is 0 Å². The van der Waals surface area contributed by atoms with E-state index in [2.05, 4.69) is 0 Å². The van der Waals surface area contributed by atoms with Crippen LogP contribution in [-0.4, -0.2) is 47.8 Å². The number of thiophene rings is 1. The first kappa shape index (κ1) is 15.5. The highest BCUT2D eigenvalue weighted by molar-refractivity contribution is 7.12. The molecule has 2 aliphatic heterocycles. The van der Waals surface area contributed by atoms with E-state index in [4.69, 9.17) is 0 Å². The minimum Gasteiger partial charge on any atom is -0.342 e. The predicted molar refractivity (Wildman–Crippen MR) is 88.0 cm³/mol. The van der Waals surface area contributed by atoms with Crippen LogP contribution in [0.15, 0.2) is 17.5 Å². The van der Waals surface area contributed by atoms with Crippen molar-refractivity contribution in [2.75, 3.05) is 26.2 Å². The second kappa shape index (κ2) is 7.27. The molecule has 3 heterocycles. The molecule has 1 unspecified atom stereocenters. The van der Waals surface area contributed by atoms with Crippen molar-refractivity contribution < 1.29 is 9.59 Å². The van der Waals surface area contributed by atoms with Gasteiger partial charge in [0.15, 0.2) is 0 Å². The van der Waals surface area contributed by atoms with Gasteiger partial charge in [0.25, 0.3) is 5.91 Å². The lowest BCUT2D eigenvalue weighted by molar-refractivity contribution is -0.136. The zero-order valence-electron chi connectivity index (χ0n) is 13.0. The molecule has 22 heavy (non-hydrogen) atoms. The number of rotatable bonds is 2. The highest BCUT2D eigenvalue weighted by atomic mass is 32.1. The van der Waals surface area contributed by atoms with Crippen LogP contribution in [-0.2, 0) is 4.79 Å². The third-order valence-corrected chi connectivity index (χ3v) is 5.57. The van der Waals surface area contributed by atoms with Crippen molar-refractivity contribution in [2.24, 2.45) is 5.92 Å². The lowest BCUT2D eigenvalue weighted by atomic mass is 9.96. The smallest absolute Gasteiger partial charge is 0.263 e. The molecular weight excluding hydrogens is 296 g/mol. The number of carbonyl (C=O) groups is 2. The molecule has 4 nitrogen and oxygen atoms in total. The molecule has 2 amide bonds. The van der Waals surface area contributed by atoms with Crippen LogP contribution in [0.5, 0.6) is 0 Å². The summed E-state index contributed by atoms with van der Waals surface area (Å²) in [5.41, 5.74) is 0. The molecule has 3 rings (SSSR count). The summed E-state index contributed by atoms with van der Waals surface area (Å²) in [5.74, 6) is 0.352. The Labute approximate surface area is 136 Å². The maximum Gasteiger partial charge on any atom is 0.263 e. The van der Waals surface area contributed by atoms with Crippen LogP contribution < -0.4 is 0 Å². The summed E-state index contributed by atoms with van der Waals surface area (Å²) >= 11 is 1.48. The number of hydrogen-bond donors (Lipinski definition) is 0. The second-order valence-electron chi connectivity index (χ2n) is 6.31. The zero-order valence-corrected chi connectivity index (χ0v) is 13.8. The Balaban J connectivity index is 1.62. The number of likely N-dealkylation sites (tertiary alicyclic amines) is 2. The first-order chi connectivity index (χ1) is 10.8. The maximum atomic E-state index is 12.8. The van der Waals surface area contributed by atoms with Gasteiger partial charge in [-0.1, -0.05) is 18.9 Å². The molecule has 0 saturated carbocycles. The Kier molecular flexibility index (Phi) is 5.13. The molecular formula is C17H24N2O2S. The molecule has 0 bridgehead atoms. The number of nitrogens with zero attached hydrogens (tertiary/aromatic N) is 2. The summed E-state index contributed by atoms with van der Waals surface area (Å²) in [6.45, 7) is 3.16. The topological polar surface area (TPSA) is 40.6 Å². The summed E-state index contributed by atoms with van der Waals surface area (Å²) in [4.78, 5) is 29.9. The van der Waals surface area contributed by atoms with Gasteiger partial charge in [-0.05, 0) is 37.1 Å². The van der Waals surface area contributed by atoms with Gasteiger partial charge in [0.1, 0.15) is 0 Å². The molecule has 0 N–H and O–H groups in total. The molecule has 2 aliphatic rings. The monoisotopic (exact) mass is 320 g/mol. The van der Waals surface area contributed by atoms with E-state index in [1.54, 1.807) is 0 Å². The van der Waals surface area contributed by atoms with E-state index in [0.717, 1.165) is 50.2 Å². The normalized spacial score (nSPS) is 23.2. The highest BCUT2D eigenvalue weighted by Crippen LogP contribution is 2.23. The van der Waals surface area contributed by atoms with Crippen LogP contribution in [0.3, 0.4) is 0 Å². The minimum absolute atomic E-state index is 0.00392. The summed E-state index contributed by atoms with van der Waals surface area (Å²) in [6.07, 6.45) is 6.56. The van der Waals surface area contributed by atoms with Crippen molar-refractivity contribution in [3.63, 3.8) is 0 Å². The molecule has 0 aromatic carbocycles. The Morgan fingerprint density at radius 1 is 1.00 bits per heavy atom. The lowest BCUT2D eigenvalue weighted by Crippen LogP contribution is -2.46. The fourth-order valence-corrected chi connectivity index (χ4v) is 4.16. The molecule has 0 spiro atoms. The van der Waals surface area contributed by atoms with Gasteiger partial charge in [-0.2, -0.15) is 0 Å². The van der Waals surface area contributed by atoms with Gasteiger partial charge in [0, 0.05) is 26.2 Å². The third kappa shape index (κ3) is 3.51. The molecule has 120 valence electrons. The summed E-state index contributed by atoms with van der Waals surface area (Å²) in [7, 11) is 0. The van der Waals surface area contributed by atoms with E-state index in [1.807, 2.05) is 27.3 Å². The summed E-state index contributed by atoms with van der Waals surface area (Å²) in [6, 6.07) is 3.77. The van der Waals surface area contributed by atoms with Crippen molar-refractivity contribution >= 4 is 23.2 Å². The van der Waals surface area contributed by atoms with Gasteiger partial charge >= 0.3 is 0 Å². The standard InChI is InChI=1S/C17H24N2O2S/c20-16(18-9-3-1-2-4-10-18)14-7-5-11-19(13-14)17(21)15-8-6-12-22-15/h6,8,12,14H,1-5,7,9-11,13H2. The highest BCUT2D eigenvalue weighted by Gasteiger charge is 2.31. The first-order valence-electron chi connectivity index (χ1n) is 8.37. The molecule has 1 atom stereocenters. The van der Waals surface area contributed by atoms with Gasteiger partial charge in [-0.15, -0.1) is 11.3 Å². The zero-order chi connectivity index (χ0) is 15.4. The maximum absolute atomic E-state index is 12.8. The van der Waals surface area contributed by atoms with E-state index in [-0.39, 0.29) is 17.7 Å². The molecule has 5 heteroatoms. The molecule has 1 aromatic heterocycles. The van der Waals surface area contributed by atoms with E-state index >= 15 is 0 Å². The minimum atomic E-state index is -0.00392. The van der Waals surface area contributed by atoms with E-state index < -0.39 is 0 Å². The quantitative estimate of drug-likeness (QED) is 0.840. The fraction of sp³-hybridized carbons (Fsp3) is 0.647. The van der Waals surface area contributed by atoms with Crippen molar-refractivity contribution in [1.82, 2.24) is 9.80 Å². The van der Waals surface area contributed by atoms with Crippen LogP contribution >= 0.6 is 11.3 Å². The number of carbonyl (C=O) groups excluding carboxylic acids is 2. The molecule has 2 fully saturated rings. The largest absolute Gasteiger partial charge is 0.342 e. The Hall–Kier alpha value is -1.36. The van der Waals surface area contributed by atoms with Crippen LogP contribution in [0.2, 0.25) is 0 Å². The predicted octanol–water partition coefficient (Wildman–Crippen LogP) is 3.00. The van der Waals surface area contributed by atoms with Crippen LogP contribution in [0.4, 0.5) is 0 Å². The molecule has 0 radical (unpaired) electrons. The lowest BCUT2D eigenvalue weighted by Gasteiger charge is -2.34. The van der Waals surface area contributed by atoms with E-state index in [0.29, 0.717) is 6.54 Å². The van der Waals surface area contributed by atoms with Gasteiger partial charge in [0.2, 0.25) is 5.91 Å². The summed E-state index contributed by atoms with van der Waals surface area (Å²) < 4.78 is 0. The number of piperidine rings is 1. The average Bonchev–Trinajstić information content (AvgIpc) is 2.96. The third-order valence-electron chi connectivity index (χ3n) is 4.71. The number of hydrogen-bond acceptors (Lipinski definition) is 3. The van der Waals surface area contributed by atoms with Crippen LogP contribution in [0.25, 0.3) is 0 Å². The van der Waals surface area contributed by atoms with Crippen LogP contribution in [0.1, 0.15) is 48.2 Å². The average molecular weight is 320 g/mol. The van der Waals surface area contributed by atoms with Crippen molar-refractivity contribution in [3.05, 3.63) is 22.4 Å². The van der Waals surface area contributed by atoms with Gasteiger partial charge in [-0.3, -0.25) is 9.59 Å². The molecule has 2 saturated heterocycles. The van der Waals surface area contributed by atoms with Crippen molar-refractivity contribution in [1.29, 1.82) is 0 Å². The van der Waals surface area contributed by atoms with Crippen molar-refractivity contribution in [2.45, 2.75) is 38.5 Å². The Morgan fingerprint density at radius 3 is 2.41 bits per heavy atom. The van der Waals surface area contributed by atoms with Gasteiger partial charge < -0.3 is 9.80 Å². The fourth-order valence-electron chi connectivity index (χ4n) is 3.47. The molecule has 0 aliphatic carbocycles. The molecule has 1 aromatic rings. The first-order valence-corrected chi connectivity index (χ1v) is 9.25. The van der Waals surface area contributed by atoms with E-state index in [1.165, 1.54) is 24.2 Å². The van der Waals surface area contributed by atoms with Crippen molar-refractivity contribution in [3.8, 4) is 0 Å². The number of amides is 2. The Morgan fingerprint density at radius 2 is 1.73 bits per heavy atom. The van der Waals surface area contributed by atoms with Crippen LogP contribution in [0, 0.1) is 5.92 Å². The van der Waals surface area contributed by atoms with E-state index in [9.17, 15) is 9.59 Å². The van der Waals surface area contributed by atoms with Gasteiger partial charge in [0.05, 0.1) is 10.8 Å². The second-order valence-corrected chi connectivity index (χ2v) is 7.25. The Bertz CT molecular complexity index is 507. The SMILES string of the molecule is O=C(c1cccs1)N1CCCC(C(=O)N2CCCCCC2)C1. The summed E-state index contributed by atoms with van der Waals surface area (Å²) in [5, 5.41) is 1.93.